The van der Waals surface area contributed by atoms with E-state index in [0.717, 1.165) is 24.3 Å². The summed E-state index contributed by atoms with van der Waals surface area (Å²) in [5.74, 6) is 0.946. The van der Waals surface area contributed by atoms with Crippen LogP contribution in [0.15, 0.2) is 30.8 Å². The Labute approximate surface area is 124 Å². The van der Waals surface area contributed by atoms with E-state index in [4.69, 9.17) is 4.74 Å². The summed E-state index contributed by atoms with van der Waals surface area (Å²) in [6, 6.07) is 8.09. The van der Waals surface area contributed by atoms with Gasteiger partial charge in [0.05, 0.1) is 6.61 Å². The minimum absolute atomic E-state index is 0.798. The molecule has 0 heterocycles. The molecule has 0 unspecified atom stereocenters. The van der Waals surface area contributed by atoms with Gasteiger partial charge in [-0.3, -0.25) is 0 Å². The molecule has 1 aromatic rings. The predicted molar refractivity (Wildman–Crippen MR) is 88.3 cm³/mol. The average Bonchev–Trinajstić information content (AvgIpc) is 2.47. The van der Waals surface area contributed by atoms with Crippen LogP contribution in [0.3, 0.4) is 0 Å². The number of ether oxygens (including phenoxy) is 1. The van der Waals surface area contributed by atoms with E-state index in [1.807, 2.05) is 30.3 Å². The van der Waals surface area contributed by atoms with E-state index >= 15 is 0 Å². The largest absolute Gasteiger partial charge is 0.494 e. The van der Waals surface area contributed by atoms with Gasteiger partial charge >= 0.3 is 0 Å². The summed E-state index contributed by atoms with van der Waals surface area (Å²) in [5.41, 5.74) is 1.11. The van der Waals surface area contributed by atoms with Crippen molar-refractivity contribution in [2.45, 2.75) is 39.5 Å². The number of hydrogen-bond acceptors (Lipinski definition) is 2. The van der Waals surface area contributed by atoms with E-state index < -0.39 is 0 Å². The van der Waals surface area contributed by atoms with Crippen LogP contribution >= 0.6 is 0 Å². The van der Waals surface area contributed by atoms with Gasteiger partial charge in [-0.25, -0.2) is 0 Å². The third-order valence-electron chi connectivity index (χ3n) is 3.31. The topological polar surface area (TPSA) is 12.5 Å². The Balaban J connectivity index is 2.18. The Morgan fingerprint density at radius 2 is 1.85 bits per heavy atom. The summed E-state index contributed by atoms with van der Waals surface area (Å²) in [6.45, 7) is 12.7. The van der Waals surface area contributed by atoms with E-state index in [-0.39, 0.29) is 0 Å². The summed E-state index contributed by atoms with van der Waals surface area (Å²) in [6.07, 6.45) is 6.65. The highest BCUT2D eigenvalue weighted by molar-refractivity contribution is 5.49. The van der Waals surface area contributed by atoms with Crippen LogP contribution in [0, 0.1) is 0 Å². The Morgan fingerprint density at radius 3 is 2.50 bits per heavy atom. The molecule has 0 spiro atoms. The maximum atomic E-state index is 5.78. The molecule has 0 aliphatic carbocycles. The smallest absolute Gasteiger partial charge is 0.119 e. The third-order valence-corrected chi connectivity index (χ3v) is 3.31. The summed E-state index contributed by atoms with van der Waals surface area (Å²) >= 11 is 0. The molecule has 2 nitrogen and oxygen atoms in total. The first-order valence-electron chi connectivity index (χ1n) is 7.87. The molecule has 2 heteroatoms. The van der Waals surface area contributed by atoms with Gasteiger partial charge in [0.1, 0.15) is 5.75 Å². The minimum atomic E-state index is 0.798. The summed E-state index contributed by atoms with van der Waals surface area (Å²) < 4.78 is 5.78. The second-order valence-electron chi connectivity index (χ2n) is 5.17. The van der Waals surface area contributed by atoms with E-state index in [1.165, 1.54) is 38.9 Å². The monoisotopic (exact) mass is 275 g/mol. The molecule has 0 bridgehead atoms. The fraction of sp³-hybridized carbons (Fsp3) is 0.556. The van der Waals surface area contributed by atoms with Crippen LogP contribution in [0.4, 0.5) is 0 Å². The second-order valence-corrected chi connectivity index (χ2v) is 5.17. The van der Waals surface area contributed by atoms with E-state index in [9.17, 15) is 0 Å². The van der Waals surface area contributed by atoms with Crippen LogP contribution in [0.5, 0.6) is 5.75 Å². The Bertz CT molecular complexity index is 369. The SMILES string of the molecule is C=Cc1cccc(OCCCCN(CCC)CCC)c1. The molecule has 0 fully saturated rings. The highest BCUT2D eigenvalue weighted by Gasteiger charge is 2.02. The lowest BCUT2D eigenvalue weighted by Crippen LogP contribution is -2.26. The van der Waals surface area contributed by atoms with Crippen molar-refractivity contribution in [1.82, 2.24) is 4.90 Å². The van der Waals surface area contributed by atoms with Gasteiger partial charge in [0, 0.05) is 0 Å². The molecule has 0 saturated carbocycles. The zero-order chi connectivity index (χ0) is 14.6. The predicted octanol–water partition coefficient (Wildman–Crippen LogP) is 4.61. The highest BCUT2D eigenvalue weighted by Crippen LogP contribution is 2.14. The lowest BCUT2D eigenvalue weighted by Gasteiger charge is -2.20. The normalized spacial score (nSPS) is 10.8. The van der Waals surface area contributed by atoms with Crippen LogP contribution < -0.4 is 4.74 Å². The first-order valence-corrected chi connectivity index (χ1v) is 7.87. The highest BCUT2D eigenvalue weighted by atomic mass is 16.5. The average molecular weight is 275 g/mol. The molecule has 0 atom stereocenters. The number of benzene rings is 1. The van der Waals surface area contributed by atoms with Gasteiger partial charge in [-0.05, 0) is 63.0 Å². The van der Waals surface area contributed by atoms with Crippen molar-refractivity contribution in [3.8, 4) is 5.75 Å². The number of unbranched alkanes of at least 4 members (excludes halogenated alkanes) is 1. The summed E-state index contributed by atoms with van der Waals surface area (Å²) in [5, 5.41) is 0. The van der Waals surface area contributed by atoms with Gasteiger partial charge in [0.2, 0.25) is 0 Å². The van der Waals surface area contributed by atoms with Crippen molar-refractivity contribution >= 4 is 6.08 Å². The molecule has 0 radical (unpaired) electrons. The third kappa shape index (κ3) is 6.76. The zero-order valence-electron chi connectivity index (χ0n) is 13.1. The van der Waals surface area contributed by atoms with Crippen LogP contribution in [0.2, 0.25) is 0 Å². The van der Waals surface area contributed by atoms with Gasteiger partial charge in [-0.2, -0.15) is 0 Å². The van der Waals surface area contributed by atoms with Crippen molar-refractivity contribution in [3.63, 3.8) is 0 Å². The molecular weight excluding hydrogens is 246 g/mol. The van der Waals surface area contributed by atoms with Crippen molar-refractivity contribution < 1.29 is 4.74 Å². The molecule has 0 amide bonds. The van der Waals surface area contributed by atoms with Crippen LogP contribution in [-0.2, 0) is 0 Å². The van der Waals surface area contributed by atoms with Crippen molar-refractivity contribution in [2.24, 2.45) is 0 Å². The van der Waals surface area contributed by atoms with Crippen LogP contribution in [0.1, 0.15) is 45.1 Å². The molecular formula is C18H29NO. The van der Waals surface area contributed by atoms with Crippen LogP contribution in [0.25, 0.3) is 6.08 Å². The summed E-state index contributed by atoms with van der Waals surface area (Å²) in [7, 11) is 0. The summed E-state index contributed by atoms with van der Waals surface area (Å²) in [4.78, 5) is 2.55. The fourth-order valence-electron chi connectivity index (χ4n) is 2.33. The molecule has 1 rings (SSSR count). The first-order chi connectivity index (χ1) is 9.80. The second kappa shape index (κ2) is 10.5. The van der Waals surface area contributed by atoms with Gasteiger partial charge in [-0.1, -0.05) is 38.6 Å². The Kier molecular flexibility index (Phi) is 8.81. The molecule has 0 aliphatic rings. The Hall–Kier alpha value is -1.28. The maximum absolute atomic E-state index is 5.78. The van der Waals surface area contributed by atoms with Gasteiger partial charge < -0.3 is 9.64 Å². The lowest BCUT2D eigenvalue weighted by atomic mass is 10.2. The molecule has 0 saturated heterocycles. The number of nitrogens with zero attached hydrogens (tertiary/aromatic N) is 1. The molecule has 0 N–H and O–H groups in total. The quantitative estimate of drug-likeness (QED) is 0.547. The first kappa shape index (κ1) is 16.8. The maximum Gasteiger partial charge on any atom is 0.119 e. The van der Waals surface area contributed by atoms with Gasteiger partial charge in [-0.15, -0.1) is 0 Å². The Morgan fingerprint density at radius 1 is 1.10 bits per heavy atom. The molecule has 0 aromatic heterocycles. The van der Waals surface area contributed by atoms with Gasteiger partial charge in [0.25, 0.3) is 0 Å². The number of hydrogen-bond donors (Lipinski definition) is 0. The van der Waals surface area contributed by atoms with E-state index in [2.05, 4.69) is 25.3 Å². The van der Waals surface area contributed by atoms with Crippen LogP contribution in [-0.4, -0.2) is 31.1 Å². The molecule has 0 aliphatic heterocycles. The standard InChI is InChI=1S/C18H29NO/c1-4-12-19(13-5-2)14-7-8-15-20-18-11-9-10-17(6-3)16-18/h6,9-11,16H,3-5,7-8,12-15H2,1-2H3. The van der Waals surface area contributed by atoms with E-state index in [1.54, 1.807) is 0 Å². The van der Waals surface area contributed by atoms with Crippen molar-refractivity contribution in [2.75, 3.05) is 26.2 Å². The number of rotatable bonds is 11. The fourth-order valence-corrected chi connectivity index (χ4v) is 2.33. The van der Waals surface area contributed by atoms with Crippen molar-refractivity contribution in [3.05, 3.63) is 36.4 Å². The van der Waals surface area contributed by atoms with E-state index in [0.29, 0.717) is 0 Å². The molecule has 112 valence electrons. The minimum Gasteiger partial charge on any atom is -0.494 e. The molecule has 1 aromatic carbocycles. The zero-order valence-corrected chi connectivity index (χ0v) is 13.1. The van der Waals surface area contributed by atoms with Gasteiger partial charge in [0.15, 0.2) is 0 Å². The lowest BCUT2D eigenvalue weighted by molar-refractivity contribution is 0.250. The molecule has 20 heavy (non-hydrogen) atoms. The van der Waals surface area contributed by atoms with Crippen molar-refractivity contribution in [1.29, 1.82) is 0 Å².